The predicted octanol–water partition coefficient (Wildman–Crippen LogP) is 2.49. The lowest BCUT2D eigenvalue weighted by Crippen LogP contribution is -2.43. The number of para-hydroxylation sites is 1. The van der Waals surface area contributed by atoms with Gasteiger partial charge in [-0.2, -0.15) is 0 Å². The zero-order valence-corrected chi connectivity index (χ0v) is 11.6. The highest BCUT2D eigenvalue weighted by Crippen LogP contribution is 2.35. The number of carbonyl (C=O) groups is 1. The van der Waals surface area contributed by atoms with E-state index in [0.717, 1.165) is 17.7 Å². The average Bonchev–Trinajstić information content (AvgIpc) is 3.29. The monoisotopic (exact) mass is 259 g/mol. The molecule has 0 saturated heterocycles. The Morgan fingerprint density at radius 1 is 1.37 bits per heavy atom. The van der Waals surface area contributed by atoms with Crippen molar-refractivity contribution in [2.24, 2.45) is 11.8 Å². The van der Waals surface area contributed by atoms with Gasteiger partial charge in [0.15, 0.2) is 0 Å². The van der Waals surface area contributed by atoms with Gasteiger partial charge in [0.05, 0.1) is 5.92 Å². The molecular formula is C16H21NO2. The normalized spacial score (nSPS) is 23.2. The summed E-state index contributed by atoms with van der Waals surface area (Å²) in [4.78, 5) is 14.5. The van der Waals surface area contributed by atoms with Crippen LogP contribution in [0.3, 0.4) is 0 Å². The Morgan fingerprint density at radius 2 is 2.11 bits per heavy atom. The van der Waals surface area contributed by atoms with Gasteiger partial charge in [-0.25, -0.2) is 0 Å². The summed E-state index contributed by atoms with van der Waals surface area (Å²) in [5, 5.41) is 0. The molecule has 3 nitrogen and oxygen atoms in total. The highest BCUT2D eigenvalue weighted by Gasteiger charge is 2.35. The lowest BCUT2D eigenvalue weighted by Gasteiger charge is -2.31. The highest BCUT2D eigenvalue weighted by molar-refractivity contribution is 5.80. The maximum atomic E-state index is 12.5. The first-order valence-corrected chi connectivity index (χ1v) is 7.14. The molecule has 2 atom stereocenters. The van der Waals surface area contributed by atoms with Crippen LogP contribution in [0.15, 0.2) is 24.3 Å². The van der Waals surface area contributed by atoms with E-state index in [9.17, 15) is 4.79 Å². The topological polar surface area (TPSA) is 29.5 Å². The van der Waals surface area contributed by atoms with E-state index >= 15 is 0 Å². The average molecular weight is 259 g/mol. The summed E-state index contributed by atoms with van der Waals surface area (Å²) in [7, 11) is 1.94. The molecule has 0 N–H and O–H groups in total. The molecule has 1 aliphatic carbocycles. The van der Waals surface area contributed by atoms with E-state index in [1.165, 1.54) is 12.8 Å². The minimum atomic E-state index is -0.0268. The Bertz CT molecular complexity index is 481. The van der Waals surface area contributed by atoms with Crippen molar-refractivity contribution < 1.29 is 9.53 Å². The molecule has 19 heavy (non-hydrogen) atoms. The van der Waals surface area contributed by atoms with Crippen molar-refractivity contribution in [1.29, 1.82) is 0 Å². The third-order valence-corrected chi connectivity index (χ3v) is 4.49. The number of hydrogen-bond donors (Lipinski definition) is 0. The number of benzene rings is 1. The maximum Gasteiger partial charge on any atom is 0.229 e. The van der Waals surface area contributed by atoms with Crippen molar-refractivity contribution in [1.82, 2.24) is 4.90 Å². The molecular weight excluding hydrogens is 238 g/mol. The van der Waals surface area contributed by atoms with Crippen molar-refractivity contribution in [3.8, 4) is 5.75 Å². The van der Waals surface area contributed by atoms with Gasteiger partial charge in [-0.05, 0) is 43.7 Å². The van der Waals surface area contributed by atoms with Gasteiger partial charge in [0.25, 0.3) is 0 Å². The van der Waals surface area contributed by atoms with Gasteiger partial charge in [0.1, 0.15) is 12.4 Å². The molecule has 1 fully saturated rings. The van der Waals surface area contributed by atoms with Crippen LogP contribution in [0.2, 0.25) is 0 Å². The van der Waals surface area contributed by atoms with E-state index in [0.29, 0.717) is 18.6 Å². The van der Waals surface area contributed by atoms with Crippen LogP contribution in [-0.2, 0) is 11.2 Å². The lowest BCUT2D eigenvalue weighted by atomic mass is 9.95. The summed E-state index contributed by atoms with van der Waals surface area (Å²) in [6.45, 7) is 2.67. The van der Waals surface area contributed by atoms with Crippen LogP contribution < -0.4 is 4.74 Å². The molecule has 0 radical (unpaired) electrons. The standard InChI is InChI=1S/C16H21NO2/c1-11(12-7-8-12)17(2)16(18)14-9-13-5-3-4-6-15(13)19-10-14/h3-6,11-12,14H,7-10H2,1-2H3/t11-,14+/m1/s1. The van der Waals surface area contributed by atoms with E-state index in [1.807, 2.05) is 30.1 Å². The summed E-state index contributed by atoms with van der Waals surface area (Å²) in [6.07, 6.45) is 3.34. The Labute approximate surface area is 114 Å². The molecule has 1 amide bonds. The second-order valence-electron chi connectivity index (χ2n) is 5.85. The Balaban J connectivity index is 1.68. The van der Waals surface area contributed by atoms with Crippen LogP contribution in [0.25, 0.3) is 0 Å². The number of fused-ring (bicyclic) bond motifs is 1. The van der Waals surface area contributed by atoms with Crippen molar-refractivity contribution in [2.75, 3.05) is 13.7 Å². The number of nitrogens with zero attached hydrogens (tertiary/aromatic N) is 1. The number of carbonyl (C=O) groups excluding carboxylic acids is 1. The largest absolute Gasteiger partial charge is 0.492 e. The predicted molar refractivity (Wildman–Crippen MR) is 74.1 cm³/mol. The summed E-state index contributed by atoms with van der Waals surface area (Å²) in [6, 6.07) is 8.38. The number of amides is 1. The molecule has 3 heteroatoms. The van der Waals surface area contributed by atoms with E-state index in [4.69, 9.17) is 4.74 Å². The molecule has 3 rings (SSSR count). The van der Waals surface area contributed by atoms with Crippen LogP contribution in [0.4, 0.5) is 0 Å². The molecule has 2 aliphatic rings. The van der Waals surface area contributed by atoms with E-state index < -0.39 is 0 Å². The number of hydrogen-bond acceptors (Lipinski definition) is 2. The minimum Gasteiger partial charge on any atom is -0.492 e. The maximum absolute atomic E-state index is 12.5. The fraction of sp³-hybridized carbons (Fsp3) is 0.562. The van der Waals surface area contributed by atoms with E-state index in [-0.39, 0.29) is 11.8 Å². The molecule has 102 valence electrons. The second kappa shape index (κ2) is 4.87. The van der Waals surface area contributed by atoms with Crippen LogP contribution in [0.5, 0.6) is 5.75 Å². The SMILES string of the molecule is C[C@H](C1CC1)N(C)C(=O)[C@@H]1COc2ccccc2C1. The van der Waals surface area contributed by atoms with Gasteiger partial charge in [0.2, 0.25) is 5.91 Å². The molecule has 1 heterocycles. The van der Waals surface area contributed by atoms with Crippen molar-refractivity contribution in [3.05, 3.63) is 29.8 Å². The molecule has 1 saturated carbocycles. The molecule has 0 spiro atoms. The number of ether oxygens (including phenoxy) is 1. The third kappa shape index (κ3) is 2.46. The minimum absolute atomic E-state index is 0.0268. The Hall–Kier alpha value is -1.51. The van der Waals surface area contributed by atoms with Crippen LogP contribution in [-0.4, -0.2) is 30.5 Å². The van der Waals surface area contributed by atoms with Gasteiger partial charge in [0, 0.05) is 13.1 Å². The highest BCUT2D eigenvalue weighted by atomic mass is 16.5. The van der Waals surface area contributed by atoms with Crippen LogP contribution in [0, 0.1) is 11.8 Å². The third-order valence-electron chi connectivity index (χ3n) is 4.49. The second-order valence-corrected chi connectivity index (χ2v) is 5.85. The van der Waals surface area contributed by atoms with Crippen LogP contribution in [0.1, 0.15) is 25.3 Å². The first-order chi connectivity index (χ1) is 9.16. The van der Waals surface area contributed by atoms with Gasteiger partial charge >= 0.3 is 0 Å². The quantitative estimate of drug-likeness (QED) is 0.834. The smallest absolute Gasteiger partial charge is 0.229 e. The number of rotatable bonds is 3. The summed E-state index contributed by atoms with van der Waals surface area (Å²) < 4.78 is 5.72. The Morgan fingerprint density at radius 3 is 2.84 bits per heavy atom. The first-order valence-electron chi connectivity index (χ1n) is 7.14. The molecule has 0 unspecified atom stereocenters. The van der Waals surface area contributed by atoms with Gasteiger partial charge in [-0.1, -0.05) is 18.2 Å². The fourth-order valence-electron chi connectivity index (χ4n) is 2.87. The summed E-state index contributed by atoms with van der Waals surface area (Å²) >= 11 is 0. The molecule has 1 aromatic rings. The van der Waals surface area contributed by atoms with Crippen molar-refractivity contribution in [2.45, 2.75) is 32.2 Å². The molecule has 1 aliphatic heterocycles. The zero-order valence-electron chi connectivity index (χ0n) is 11.6. The van der Waals surface area contributed by atoms with Crippen LogP contribution >= 0.6 is 0 Å². The van der Waals surface area contributed by atoms with Gasteiger partial charge < -0.3 is 9.64 Å². The molecule has 0 aromatic heterocycles. The van der Waals surface area contributed by atoms with Crippen molar-refractivity contribution in [3.63, 3.8) is 0 Å². The Kier molecular flexibility index (Phi) is 3.21. The molecule has 1 aromatic carbocycles. The van der Waals surface area contributed by atoms with E-state index in [1.54, 1.807) is 0 Å². The zero-order chi connectivity index (χ0) is 13.4. The summed E-state index contributed by atoms with van der Waals surface area (Å²) in [5.74, 6) is 1.85. The van der Waals surface area contributed by atoms with Gasteiger partial charge in [-0.15, -0.1) is 0 Å². The van der Waals surface area contributed by atoms with E-state index in [2.05, 4.69) is 13.0 Å². The molecule has 0 bridgehead atoms. The van der Waals surface area contributed by atoms with Crippen molar-refractivity contribution >= 4 is 5.91 Å². The lowest BCUT2D eigenvalue weighted by molar-refractivity contribution is -0.137. The summed E-state index contributed by atoms with van der Waals surface area (Å²) in [5.41, 5.74) is 1.15. The first kappa shape index (κ1) is 12.5. The fourth-order valence-corrected chi connectivity index (χ4v) is 2.87. The van der Waals surface area contributed by atoms with Gasteiger partial charge in [-0.3, -0.25) is 4.79 Å².